The number of aliphatic imine (C=N–C) groups is 1. The summed E-state index contributed by atoms with van der Waals surface area (Å²) in [7, 11) is 1.76. The maximum Gasteiger partial charge on any atom is 0.191 e. The van der Waals surface area contributed by atoms with Crippen LogP contribution in [0.15, 0.2) is 29.4 Å². The van der Waals surface area contributed by atoms with Gasteiger partial charge in [-0.3, -0.25) is 9.98 Å². The van der Waals surface area contributed by atoms with Crippen molar-refractivity contribution in [3.05, 3.63) is 30.1 Å². The summed E-state index contributed by atoms with van der Waals surface area (Å²) in [5.41, 5.74) is 0.995. The number of ether oxygens (including phenoxy) is 1. The first-order valence-corrected chi connectivity index (χ1v) is 6.29. The van der Waals surface area contributed by atoms with Crippen LogP contribution in [0.4, 0.5) is 0 Å². The highest BCUT2D eigenvalue weighted by atomic mass is 16.5. The van der Waals surface area contributed by atoms with Gasteiger partial charge in [0.15, 0.2) is 5.96 Å². The van der Waals surface area contributed by atoms with Crippen LogP contribution in [0.1, 0.15) is 19.0 Å². The smallest absolute Gasteiger partial charge is 0.191 e. The molecule has 18 heavy (non-hydrogen) atoms. The first-order valence-electron chi connectivity index (χ1n) is 6.29. The highest BCUT2D eigenvalue weighted by molar-refractivity contribution is 5.79. The van der Waals surface area contributed by atoms with E-state index in [9.17, 15) is 0 Å². The molecule has 1 aromatic rings. The van der Waals surface area contributed by atoms with Crippen LogP contribution in [0.2, 0.25) is 0 Å². The summed E-state index contributed by atoms with van der Waals surface area (Å²) in [5, 5.41) is 6.44. The number of aromatic nitrogens is 1. The molecule has 0 fully saturated rings. The third-order valence-electron chi connectivity index (χ3n) is 2.35. The van der Waals surface area contributed by atoms with Crippen molar-refractivity contribution in [1.29, 1.82) is 0 Å². The Morgan fingerprint density at radius 3 is 2.94 bits per heavy atom. The van der Waals surface area contributed by atoms with Gasteiger partial charge in [-0.15, -0.1) is 0 Å². The van der Waals surface area contributed by atoms with Gasteiger partial charge in [-0.2, -0.15) is 0 Å². The third-order valence-corrected chi connectivity index (χ3v) is 2.35. The van der Waals surface area contributed by atoms with Gasteiger partial charge in [0.05, 0.1) is 12.2 Å². The molecule has 1 heterocycles. The Balaban J connectivity index is 2.18. The van der Waals surface area contributed by atoms with Crippen molar-refractivity contribution in [2.45, 2.75) is 19.9 Å². The minimum absolute atomic E-state index is 0.673. The molecule has 0 unspecified atom stereocenters. The minimum Gasteiger partial charge on any atom is -0.382 e. The van der Waals surface area contributed by atoms with Crippen LogP contribution in [0.25, 0.3) is 0 Å². The van der Waals surface area contributed by atoms with Crippen LogP contribution >= 0.6 is 0 Å². The quantitative estimate of drug-likeness (QED) is 0.433. The molecule has 100 valence electrons. The van der Waals surface area contributed by atoms with Gasteiger partial charge in [0.1, 0.15) is 0 Å². The lowest BCUT2D eigenvalue weighted by Crippen LogP contribution is -2.37. The predicted molar refractivity (Wildman–Crippen MR) is 73.5 cm³/mol. The minimum atomic E-state index is 0.673. The number of pyridine rings is 1. The summed E-state index contributed by atoms with van der Waals surface area (Å²) in [6.07, 6.45) is 2.76. The van der Waals surface area contributed by atoms with Gasteiger partial charge in [-0.05, 0) is 25.5 Å². The number of hydrogen-bond donors (Lipinski definition) is 2. The zero-order chi connectivity index (χ0) is 13.1. The molecule has 5 nitrogen and oxygen atoms in total. The molecule has 0 aromatic carbocycles. The van der Waals surface area contributed by atoms with Crippen LogP contribution in [-0.2, 0) is 11.3 Å². The maximum atomic E-state index is 5.27. The number of rotatable bonds is 7. The second-order valence-corrected chi connectivity index (χ2v) is 3.72. The Bertz CT molecular complexity index is 340. The van der Waals surface area contributed by atoms with Crippen molar-refractivity contribution in [2.75, 3.05) is 26.8 Å². The summed E-state index contributed by atoms with van der Waals surface area (Å²) >= 11 is 0. The average molecular weight is 250 g/mol. The van der Waals surface area contributed by atoms with Crippen molar-refractivity contribution in [1.82, 2.24) is 15.6 Å². The maximum absolute atomic E-state index is 5.27. The topological polar surface area (TPSA) is 58.5 Å². The fraction of sp³-hybridized carbons (Fsp3) is 0.538. The molecule has 0 aliphatic heterocycles. The van der Waals surface area contributed by atoms with E-state index in [-0.39, 0.29) is 0 Å². The fourth-order valence-electron chi connectivity index (χ4n) is 1.42. The molecule has 5 heteroatoms. The second-order valence-electron chi connectivity index (χ2n) is 3.72. The molecule has 0 bridgehead atoms. The summed E-state index contributed by atoms with van der Waals surface area (Å²) in [5.74, 6) is 0.789. The molecule has 0 aliphatic carbocycles. The van der Waals surface area contributed by atoms with Crippen molar-refractivity contribution < 1.29 is 4.74 Å². The van der Waals surface area contributed by atoms with E-state index in [0.717, 1.165) is 37.8 Å². The zero-order valence-corrected chi connectivity index (χ0v) is 11.1. The lowest BCUT2D eigenvalue weighted by molar-refractivity contribution is 0.145. The molecule has 0 aliphatic rings. The van der Waals surface area contributed by atoms with Crippen LogP contribution in [0.3, 0.4) is 0 Å². The molecule has 0 saturated carbocycles. The zero-order valence-electron chi connectivity index (χ0n) is 11.1. The molecule has 0 atom stereocenters. The Morgan fingerprint density at radius 2 is 2.28 bits per heavy atom. The van der Waals surface area contributed by atoms with Crippen LogP contribution in [0, 0.1) is 0 Å². The Morgan fingerprint density at radius 1 is 1.39 bits per heavy atom. The highest BCUT2D eigenvalue weighted by Crippen LogP contribution is 1.91. The van der Waals surface area contributed by atoms with E-state index < -0.39 is 0 Å². The number of guanidine groups is 1. The number of nitrogens with one attached hydrogen (secondary N) is 2. The van der Waals surface area contributed by atoms with Gasteiger partial charge in [0, 0.05) is 33.0 Å². The standard InChI is InChI=1S/C13H22N4O/c1-3-18-10-6-9-16-13(14-2)17-11-12-7-4-5-8-15-12/h4-5,7-8H,3,6,9-11H2,1-2H3,(H2,14,16,17). The van der Waals surface area contributed by atoms with Gasteiger partial charge in [-0.25, -0.2) is 0 Å². The lowest BCUT2D eigenvalue weighted by atomic mass is 10.3. The molecule has 0 radical (unpaired) electrons. The third kappa shape index (κ3) is 6.20. The summed E-state index contributed by atoms with van der Waals surface area (Å²) in [6, 6.07) is 5.86. The Hall–Kier alpha value is -1.62. The first kappa shape index (κ1) is 14.4. The SMILES string of the molecule is CCOCCCNC(=NC)NCc1ccccn1. The predicted octanol–water partition coefficient (Wildman–Crippen LogP) is 1.17. The monoisotopic (exact) mass is 250 g/mol. The second kappa shape index (κ2) is 9.41. The summed E-state index contributed by atoms with van der Waals surface area (Å²) in [4.78, 5) is 8.39. The Kier molecular flexibility index (Phi) is 7.55. The molecular weight excluding hydrogens is 228 g/mol. The van der Waals surface area contributed by atoms with E-state index >= 15 is 0 Å². The van der Waals surface area contributed by atoms with Crippen molar-refractivity contribution in [3.63, 3.8) is 0 Å². The van der Waals surface area contributed by atoms with Crippen molar-refractivity contribution in [3.8, 4) is 0 Å². The van der Waals surface area contributed by atoms with E-state index in [0.29, 0.717) is 6.54 Å². The number of nitrogens with zero attached hydrogens (tertiary/aromatic N) is 2. The van der Waals surface area contributed by atoms with E-state index in [2.05, 4.69) is 20.6 Å². The van der Waals surface area contributed by atoms with E-state index in [1.807, 2.05) is 25.1 Å². The average Bonchev–Trinajstić information content (AvgIpc) is 2.43. The fourth-order valence-corrected chi connectivity index (χ4v) is 1.42. The van der Waals surface area contributed by atoms with Crippen LogP contribution in [-0.4, -0.2) is 37.7 Å². The molecule has 0 saturated heterocycles. The lowest BCUT2D eigenvalue weighted by Gasteiger charge is -2.11. The molecule has 1 aromatic heterocycles. The van der Waals surface area contributed by atoms with Crippen LogP contribution in [0.5, 0.6) is 0 Å². The molecule has 0 amide bonds. The van der Waals surface area contributed by atoms with E-state index in [4.69, 9.17) is 4.74 Å². The van der Waals surface area contributed by atoms with Crippen molar-refractivity contribution >= 4 is 5.96 Å². The molecule has 1 rings (SSSR count). The largest absolute Gasteiger partial charge is 0.382 e. The first-order chi connectivity index (χ1) is 8.86. The summed E-state index contributed by atoms with van der Waals surface area (Å²) in [6.45, 7) is 5.07. The van der Waals surface area contributed by atoms with Crippen molar-refractivity contribution in [2.24, 2.45) is 4.99 Å². The van der Waals surface area contributed by atoms with Crippen LogP contribution < -0.4 is 10.6 Å². The van der Waals surface area contributed by atoms with Gasteiger partial charge < -0.3 is 15.4 Å². The van der Waals surface area contributed by atoms with Gasteiger partial charge in [-0.1, -0.05) is 6.07 Å². The molecule has 0 spiro atoms. The highest BCUT2D eigenvalue weighted by Gasteiger charge is 1.97. The van der Waals surface area contributed by atoms with Gasteiger partial charge >= 0.3 is 0 Å². The number of hydrogen-bond acceptors (Lipinski definition) is 3. The van der Waals surface area contributed by atoms with E-state index in [1.54, 1.807) is 13.2 Å². The Labute approximate surface area is 109 Å². The van der Waals surface area contributed by atoms with E-state index in [1.165, 1.54) is 0 Å². The normalized spacial score (nSPS) is 11.3. The molecular formula is C13H22N4O. The summed E-state index contributed by atoms with van der Waals surface area (Å²) < 4.78 is 5.27. The molecule has 2 N–H and O–H groups in total. The van der Waals surface area contributed by atoms with Gasteiger partial charge in [0.25, 0.3) is 0 Å². The van der Waals surface area contributed by atoms with Gasteiger partial charge in [0.2, 0.25) is 0 Å².